The molecule has 0 unspecified atom stereocenters. The fraction of sp³-hybridized carbons (Fsp3) is 0.600. The maximum atomic E-state index is 6.20. The quantitative estimate of drug-likeness (QED) is 0.852. The van der Waals surface area contributed by atoms with Crippen molar-refractivity contribution in [1.82, 2.24) is 0 Å². The SMILES string of the molecule is CC(C)(C)CC(C)(C)[NH2+]Cc1cccc(Cl)c1Cl. The van der Waals surface area contributed by atoms with E-state index in [2.05, 4.69) is 39.9 Å². The van der Waals surface area contributed by atoms with Gasteiger partial charge >= 0.3 is 0 Å². The number of hydrogen-bond donors (Lipinski definition) is 1. The summed E-state index contributed by atoms with van der Waals surface area (Å²) in [5, 5.41) is 3.66. The number of hydrogen-bond acceptors (Lipinski definition) is 0. The normalized spacial score (nSPS) is 12.8. The van der Waals surface area contributed by atoms with Crippen LogP contribution in [0.3, 0.4) is 0 Å². The molecule has 18 heavy (non-hydrogen) atoms. The van der Waals surface area contributed by atoms with Crippen LogP contribution in [-0.2, 0) is 6.54 Å². The summed E-state index contributed by atoms with van der Waals surface area (Å²) in [5.74, 6) is 0. The van der Waals surface area contributed by atoms with Crippen molar-refractivity contribution in [2.45, 2.75) is 53.1 Å². The van der Waals surface area contributed by atoms with E-state index in [4.69, 9.17) is 23.2 Å². The second-order valence-electron chi connectivity index (χ2n) is 6.85. The van der Waals surface area contributed by atoms with E-state index in [0.29, 0.717) is 15.5 Å². The van der Waals surface area contributed by atoms with Crippen LogP contribution in [0.5, 0.6) is 0 Å². The zero-order valence-electron chi connectivity index (χ0n) is 12.0. The molecule has 0 atom stereocenters. The van der Waals surface area contributed by atoms with Crippen molar-refractivity contribution in [3.05, 3.63) is 33.8 Å². The van der Waals surface area contributed by atoms with Gasteiger partial charge < -0.3 is 5.32 Å². The highest BCUT2D eigenvalue weighted by molar-refractivity contribution is 6.42. The maximum Gasteiger partial charge on any atom is 0.103 e. The number of quaternary nitrogens is 1. The van der Waals surface area contributed by atoms with Crippen molar-refractivity contribution in [2.75, 3.05) is 0 Å². The Hall–Kier alpha value is -0.240. The molecule has 3 heteroatoms. The first-order chi connectivity index (χ1) is 8.11. The van der Waals surface area contributed by atoms with Gasteiger partial charge in [0.15, 0.2) is 0 Å². The van der Waals surface area contributed by atoms with E-state index in [0.717, 1.165) is 18.5 Å². The molecule has 0 aromatic heterocycles. The van der Waals surface area contributed by atoms with Crippen molar-refractivity contribution >= 4 is 23.2 Å². The molecule has 0 fully saturated rings. The van der Waals surface area contributed by atoms with Gasteiger partial charge in [0.25, 0.3) is 0 Å². The summed E-state index contributed by atoms with van der Waals surface area (Å²) < 4.78 is 0. The molecule has 1 rings (SSSR count). The third kappa shape index (κ3) is 5.17. The van der Waals surface area contributed by atoms with Gasteiger partial charge in [-0.15, -0.1) is 0 Å². The van der Waals surface area contributed by atoms with Crippen molar-refractivity contribution in [3.8, 4) is 0 Å². The van der Waals surface area contributed by atoms with Crippen LogP contribution in [-0.4, -0.2) is 5.54 Å². The fourth-order valence-electron chi connectivity index (χ4n) is 2.53. The van der Waals surface area contributed by atoms with E-state index >= 15 is 0 Å². The molecular formula is C15H24Cl2N+. The van der Waals surface area contributed by atoms with Crippen molar-refractivity contribution in [2.24, 2.45) is 5.41 Å². The first-order valence-electron chi connectivity index (χ1n) is 6.38. The van der Waals surface area contributed by atoms with E-state index in [9.17, 15) is 0 Å². The van der Waals surface area contributed by atoms with Gasteiger partial charge in [0.1, 0.15) is 6.54 Å². The zero-order chi connectivity index (χ0) is 14.0. The highest BCUT2D eigenvalue weighted by Crippen LogP contribution is 2.26. The third-order valence-corrected chi connectivity index (χ3v) is 3.75. The van der Waals surface area contributed by atoms with Gasteiger partial charge in [0.2, 0.25) is 0 Å². The van der Waals surface area contributed by atoms with E-state index in [1.807, 2.05) is 18.2 Å². The number of halogens is 2. The van der Waals surface area contributed by atoms with Gasteiger partial charge in [0, 0.05) is 12.0 Å². The smallest absolute Gasteiger partial charge is 0.103 e. The van der Waals surface area contributed by atoms with E-state index in [1.54, 1.807) is 0 Å². The van der Waals surface area contributed by atoms with Crippen LogP contribution < -0.4 is 5.32 Å². The lowest BCUT2D eigenvalue weighted by molar-refractivity contribution is -0.737. The fourth-order valence-corrected chi connectivity index (χ4v) is 2.93. The summed E-state index contributed by atoms with van der Waals surface area (Å²) in [7, 11) is 0. The molecular weight excluding hydrogens is 265 g/mol. The molecule has 1 aromatic rings. The monoisotopic (exact) mass is 288 g/mol. The minimum atomic E-state index is 0.198. The molecule has 0 heterocycles. The second-order valence-corrected chi connectivity index (χ2v) is 7.63. The van der Waals surface area contributed by atoms with Crippen molar-refractivity contribution < 1.29 is 5.32 Å². The molecule has 0 aliphatic heterocycles. The first-order valence-corrected chi connectivity index (χ1v) is 7.14. The van der Waals surface area contributed by atoms with Crippen LogP contribution in [0, 0.1) is 5.41 Å². The minimum Gasteiger partial charge on any atom is -0.338 e. The lowest BCUT2D eigenvalue weighted by Crippen LogP contribution is -2.94. The van der Waals surface area contributed by atoms with Crippen LogP contribution in [0.25, 0.3) is 0 Å². The Balaban J connectivity index is 2.67. The van der Waals surface area contributed by atoms with E-state index in [1.165, 1.54) is 0 Å². The van der Waals surface area contributed by atoms with Crippen LogP contribution in [0.4, 0.5) is 0 Å². The largest absolute Gasteiger partial charge is 0.338 e. The Morgan fingerprint density at radius 1 is 1.06 bits per heavy atom. The molecule has 0 bridgehead atoms. The molecule has 0 amide bonds. The average molecular weight is 289 g/mol. The standard InChI is InChI=1S/C15H23Cl2N/c1-14(2,3)10-15(4,5)18-9-11-7-6-8-12(16)13(11)17/h6-8,18H,9-10H2,1-5H3/p+1. The molecule has 0 aliphatic rings. The molecule has 2 N–H and O–H groups in total. The predicted octanol–water partition coefficient (Wildman–Crippen LogP) is 4.27. The Morgan fingerprint density at radius 2 is 1.67 bits per heavy atom. The highest BCUT2D eigenvalue weighted by atomic mass is 35.5. The summed E-state index contributed by atoms with van der Waals surface area (Å²) in [6.07, 6.45) is 1.15. The van der Waals surface area contributed by atoms with E-state index in [-0.39, 0.29) is 5.54 Å². The van der Waals surface area contributed by atoms with Crippen LogP contribution in [0.2, 0.25) is 10.0 Å². The maximum absolute atomic E-state index is 6.20. The molecule has 1 nitrogen and oxygen atoms in total. The van der Waals surface area contributed by atoms with Gasteiger partial charge in [0.05, 0.1) is 15.6 Å². The lowest BCUT2D eigenvalue weighted by atomic mass is 9.82. The predicted molar refractivity (Wildman–Crippen MR) is 80.2 cm³/mol. The molecule has 0 spiro atoms. The van der Waals surface area contributed by atoms with Crippen LogP contribution in [0.1, 0.15) is 46.6 Å². The van der Waals surface area contributed by atoms with Gasteiger partial charge in [-0.05, 0) is 25.3 Å². The number of benzene rings is 1. The van der Waals surface area contributed by atoms with Gasteiger partial charge in [-0.1, -0.05) is 56.1 Å². The van der Waals surface area contributed by atoms with Gasteiger partial charge in [-0.3, -0.25) is 0 Å². The highest BCUT2D eigenvalue weighted by Gasteiger charge is 2.28. The number of nitrogens with two attached hydrogens (primary N) is 1. The molecule has 0 radical (unpaired) electrons. The Morgan fingerprint density at radius 3 is 2.22 bits per heavy atom. The zero-order valence-corrected chi connectivity index (χ0v) is 13.5. The molecule has 0 aliphatic carbocycles. The summed E-state index contributed by atoms with van der Waals surface area (Å²) in [6.45, 7) is 12.2. The van der Waals surface area contributed by atoms with Crippen molar-refractivity contribution in [3.63, 3.8) is 0 Å². The minimum absolute atomic E-state index is 0.198. The van der Waals surface area contributed by atoms with E-state index < -0.39 is 0 Å². The second kappa shape index (κ2) is 5.81. The average Bonchev–Trinajstić information content (AvgIpc) is 2.17. The van der Waals surface area contributed by atoms with Crippen molar-refractivity contribution in [1.29, 1.82) is 0 Å². The van der Waals surface area contributed by atoms with Gasteiger partial charge in [-0.25, -0.2) is 0 Å². The van der Waals surface area contributed by atoms with Crippen LogP contribution in [0.15, 0.2) is 18.2 Å². The Labute approximate surface area is 121 Å². The molecule has 1 aromatic carbocycles. The lowest BCUT2D eigenvalue weighted by Gasteiger charge is -2.30. The Kier molecular flexibility index (Phi) is 5.11. The van der Waals surface area contributed by atoms with Gasteiger partial charge in [-0.2, -0.15) is 0 Å². The molecule has 0 saturated carbocycles. The van der Waals surface area contributed by atoms with Crippen LogP contribution >= 0.6 is 23.2 Å². The third-order valence-electron chi connectivity index (χ3n) is 2.89. The molecule has 0 saturated heterocycles. The first kappa shape index (κ1) is 15.8. The summed E-state index contributed by atoms with van der Waals surface area (Å²) in [5.41, 5.74) is 1.63. The number of rotatable bonds is 4. The molecule has 102 valence electrons. The summed E-state index contributed by atoms with van der Waals surface area (Å²) in [6, 6.07) is 5.82. The Bertz CT molecular complexity index is 405. The summed E-state index contributed by atoms with van der Waals surface area (Å²) in [4.78, 5) is 0. The summed E-state index contributed by atoms with van der Waals surface area (Å²) >= 11 is 12.2. The topological polar surface area (TPSA) is 16.6 Å².